The minimum Gasteiger partial charge on any atom is -0.497 e. The van der Waals surface area contributed by atoms with Gasteiger partial charge in [-0.2, -0.15) is 0 Å². The Labute approximate surface area is 166 Å². The SMILES string of the molecule is CCNC(=NCCc1ccc(OC)cc1)N(C)Cc1csc(C(C)OC)n1. The molecule has 0 aliphatic carbocycles. The maximum Gasteiger partial charge on any atom is 0.194 e. The first-order valence-electron chi connectivity index (χ1n) is 9.16. The van der Waals surface area contributed by atoms with Crippen LogP contribution < -0.4 is 10.1 Å². The van der Waals surface area contributed by atoms with Crippen LogP contribution in [-0.4, -0.2) is 50.2 Å². The molecular formula is C20H30N4O2S. The molecule has 0 saturated heterocycles. The summed E-state index contributed by atoms with van der Waals surface area (Å²) in [4.78, 5) is 11.5. The maximum absolute atomic E-state index is 5.34. The van der Waals surface area contributed by atoms with Crippen molar-refractivity contribution in [2.75, 3.05) is 34.4 Å². The second-order valence-electron chi connectivity index (χ2n) is 6.24. The van der Waals surface area contributed by atoms with E-state index in [-0.39, 0.29) is 6.10 Å². The molecule has 1 N–H and O–H groups in total. The minimum absolute atomic E-state index is 0.0282. The molecule has 2 rings (SSSR count). The van der Waals surface area contributed by atoms with Crippen molar-refractivity contribution in [1.29, 1.82) is 0 Å². The van der Waals surface area contributed by atoms with Crippen molar-refractivity contribution >= 4 is 17.3 Å². The van der Waals surface area contributed by atoms with Crippen LogP contribution in [0.4, 0.5) is 0 Å². The molecule has 1 unspecified atom stereocenters. The number of rotatable bonds is 9. The third-order valence-corrected chi connectivity index (χ3v) is 5.24. The molecule has 1 aromatic carbocycles. The molecular weight excluding hydrogens is 360 g/mol. The molecule has 0 amide bonds. The standard InChI is InChI=1S/C20H30N4O2S/c1-6-21-20(22-12-11-16-7-9-18(26-5)10-8-16)24(3)13-17-14-27-19(23-17)15(2)25-4/h7-10,14-15H,6,11-13H2,1-5H3,(H,21,22). The highest BCUT2D eigenvalue weighted by molar-refractivity contribution is 7.09. The summed E-state index contributed by atoms with van der Waals surface area (Å²) in [6.45, 7) is 6.35. The van der Waals surface area contributed by atoms with E-state index < -0.39 is 0 Å². The molecule has 0 saturated carbocycles. The zero-order chi connectivity index (χ0) is 19.6. The van der Waals surface area contributed by atoms with Crippen LogP contribution in [0.15, 0.2) is 34.6 Å². The Morgan fingerprint density at radius 3 is 2.67 bits per heavy atom. The first-order valence-corrected chi connectivity index (χ1v) is 10.0. The Morgan fingerprint density at radius 1 is 1.30 bits per heavy atom. The summed E-state index contributed by atoms with van der Waals surface area (Å²) in [6.07, 6.45) is 0.916. The van der Waals surface area contributed by atoms with E-state index in [2.05, 4.69) is 39.6 Å². The molecule has 7 heteroatoms. The van der Waals surface area contributed by atoms with Crippen molar-refractivity contribution < 1.29 is 9.47 Å². The first-order chi connectivity index (χ1) is 13.1. The molecule has 0 bridgehead atoms. The summed E-state index contributed by atoms with van der Waals surface area (Å²) in [5.41, 5.74) is 2.28. The predicted molar refractivity (Wildman–Crippen MR) is 112 cm³/mol. The minimum atomic E-state index is 0.0282. The van der Waals surface area contributed by atoms with Gasteiger partial charge in [0.15, 0.2) is 5.96 Å². The maximum atomic E-state index is 5.34. The van der Waals surface area contributed by atoms with Crippen LogP contribution in [0.1, 0.15) is 36.2 Å². The quantitative estimate of drug-likeness (QED) is 0.525. The van der Waals surface area contributed by atoms with E-state index in [1.165, 1.54) is 5.56 Å². The van der Waals surface area contributed by atoms with Gasteiger partial charge in [0.05, 0.1) is 19.3 Å². The Bertz CT molecular complexity index is 715. The number of nitrogens with one attached hydrogen (secondary N) is 1. The lowest BCUT2D eigenvalue weighted by atomic mass is 10.1. The number of nitrogens with zero attached hydrogens (tertiary/aromatic N) is 3. The number of thiazole rings is 1. The zero-order valence-corrected chi connectivity index (χ0v) is 17.7. The van der Waals surface area contributed by atoms with Gasteiger partial charge in [0.25, 0.3) is 0 Å². The number of methoxy groups -OCH3 is 2. The average molecular weight is 391 g/mol. The molecule has 27 heavy (non-hydrogen) atoms. The number of aromatic nitrogens is 1. The van der Waals surface area contributed by atoms with E-state index in [1.54, 1.807) is 25.6 Å². The van der Waals surface area contributed by atoms with Crippen molar-refractivity contribution in [3.05, 3.63) is 45.9 Å². The Balaban J connectivity index is 1.95. The summed E-state index contributed by atoms with van der Waals surface area (Å²) in [7, 11) is 5.42. The summed E-state index contributed by atoms with van der Waals surface area (Å²) < 4.78 is 10.5. The summed E-state index contributed by atoms with van der Waals surface area (Å²) >= 11 is 1.63. The topological polar surface area (TPSA) is 59.0 Å². The zero-order valence-electron chi connectivity index (χ0n) is 16.9. The normalized spacial score (nSPS) is 12.7. The average Bonchev–Trinajstić information content (AvgIpc) is 3.15. The van der Waals surface area contributed by atoms with Gasteiger partial charge in [-0.3, -0.25) is 4.99 Å². The van der Waals surface area contributed by atoms with Crippen LogP contribution in [0, 0.1) is 0 Å². The number of guanidine groups is 1. The first kappa shape index (κ1) is 21.2. The largest absolute Gasteiger partial charge is 0.497 e. The van der Waals surface area contributed by atoms with Crippen molar-refractivity contribution in [3.8, 4) is 5.75 Å². The summed E-state index contributed by atoms with van der Waals surface area (Å²) in [5.74, 6) is 1.76. The highest BCUT2D eigenvalue weighted by atomic mass is 32.1. The van der Waals surface area contributed by atoms with Crippen LogP contribution >= 0.6 is 11.3 Å². The molecule has 0 aliphatic heterocycles. The molecule has 6 nitrogen and oxygen atoms in total. The highest BCUT2D eigenvalue weighted by Gasteiger charge is 2.12. The molecule has 1 aromatic heterocycles. The van der Waals surface area contributed by atoms with Gasteiger partial charge >= 0.3 is 0 Å². The van der Waals surface area contributed by atoms with Gasteiger partial charge < -0.3 is 19.7 Å². The third-order valence-electron chi connectivity index (χ3n) is 4.19. The number of benzene rings is 1. The van der Waals surface area contributed by atoms with Crippen LogP contribution in [0.25, 0.3) is 0 Å². The number of hydrogen-bond acceptors (Lipinski definition) is 5. The fraction of sp³-hybridized carbons (Fsp3) is 0.500. The van der Waals surface area contributed by atoms with Crippen molar-refractivity contribution in [1.82, 2.24) is 15.2 Å². The monoisotopic (exact) mass is 390 g/mol. The van der Waals surface area contributed by atoms with Gasteiger partial charge in [-0.05, 0) is 38.0 Å². The van der Waals surface area contributed by atoms with E-state index in [0.29, 0.717) is 6.54 Å². The lowest BCUT2D eigenvalue weighted by molar-refractivity contribution is 0.119. The molecule has 1 heterocycles. The lowest BCUT2D eigenvalue weighted by Gasteiger charge is -2.21. The van der Waals surface area contributed by atoms with E-state index in [1.807, 2.05) is 26.1 Å². The summed E-state index contributed by atoms with van der Waals surface area (Å²) in [6, 6.07) is 8.13. The lowest BCUT2D eigenvalue weighted by Crippen LogP contribution is -2.38. The van der Waals surface area contributed by atoms with E-state index in [9.17, 15) is 0 Å². The van der Waals surface area contributed by atoms with E-state index >= 15 is 0 Å². The highest BCUT2D eigenvalue weighted by Crippen LogP contribution is 2.21. The van der Waals surface area contributed by atoms with Crippen molar-refractivity contribution in [3.63, 3.8) is 0 Å². The Morgan fingerprint density at radius 2 is 2.04 bits per heavy atom. The molecule has 0 aliphatic rings. The van der Waals surface area contributed by atoms with E-state index in [4.69, 9.17) is 14.5 Å². The van der Waals surface area contributed by atoms with E-state index in [0.717, 1.165) is 41.9 Å². The fourth-order valence-electron chi connectivity index (χ4n) is 2.55. The van der Waals surface area contributed by atoms with Gasteiger partial charge in [-0.25, -0.2) is 4.98 Å². The number of aliphatic imine (C=N–C) groups is 1. The number of ether oxygens (including phenoxy) is 2. The fourth-order valence-corrected chi connectivity index (χ4v) is 3.40. The smallest absolute Gasteiger partial charge is 0.194 e. The van der Waals surface area contributed by atoms with Gasteiger partial charge in [-0.15, -0.1) is 11.3 Å². The predicted octanol–water partition coefficient (Wildman–Crippen LogP) is 3.50. The second-order valence-corrected chi connectivity index (χ2v) is 7.13. The Kier molecular flexibility index (Phi) is 8.54. The number of hydrogen-bond donors (Lipinski definition) is 1. The van der Waals surface area contributed by atoms with Gasteiger partial charge in [0, 0.05) is 32.6 Å². The molecule has 2 aromatic rings. The van der Waals surface area contributed by atoms with Crippen LogP contribution in [0.2, 0.25) is 0 Å². The van der Waals surface area contributed by atoms with Crippen molar-refractivity contribution in [2.24, 2.45) is 4.99 Å². The van der Waals surface area contributed by atoms with Gasteiger partial charge in [-0.1, -0.05) is 12.1 Å². The molecule has 0 fully saturated rings. The molecule has 1 atom stereocenters. The molecule has 148 valence electrons. The molecule has 0 radical (unpaired) electrons. The van der Waals surface area contributed by atoms with Crippen LogP contribution in [0.3, 0.4) is 0 Å². The van der Waals surface area contributed by atoms with Gasteiger partial charge in [0.2, 0.25) is 0 Å². The van der Waals surface area contributed by atoms with Crippen LogP contribution in [-0.2, 0) is 17.7 Å². The second kappa shape index (κ2) is 10.9. The third kappa shape index (κ3) is 6.52. The van der Waals surface area contributed by atoms with Gasteiger partial charge in [0.1, 0.15) is 16.9 Å². The van der Waals surface area contributed by atoms with Crippen LogP contribution in [0.5, 0.6) is 5.75 Å². The Hall–Kier alpha value is -2.12. The molecule has 0 spiro atoms. The van der Waals surface area contributed by atoms with Crippen molar-refractivity contribution in [2.45, 2.75) is 32.9 Å². The summed E-state index contributed by atoms with van der Waals surface area (Å²) in [5, 5.41) is 6.44.